The van der Waals surface area contributed by atoms with Gasteiger partial charge in [0.25, 0.3) is 0 Å². The number of benzene rings is 2. The Morgan fingerprint density at radius 3 is 2.52 bits per heavy atom. The summed E-state index contributed by atoms with van der Waals surface area (Å²) in [5.74, 6) is 1.29. The van der Waals surface area contributed by atoms with Crippen LogP contribution in [0.15, 0.2) is 48.5 Å². The zero-order valence-corrected chi connectivity index (χ0v) is 17.4. The molecular formula is C23H27N3O3. The molecule has 0 fully saturated rings. The highest BCUT2D eigenvalue weighted by atomic mass is 16.5. The summed E-state index contributed by atoms with van der Waals surface area (Å²) in [5, 5.41) is 7.65. The Morgan fingerprint density at radius 1 is 1.07 bits per heavy atom. The predicted octanol–water partition coefficient (Wildman–Crippen LogP) is 3.42. The van der Waals surface area contributed by atoms with Gasteiger partial charge in [-0.2, -0.15) is 5.10 Å². The van der Waals surface area contributed by atoms with Crippen LogP contribution in [0.1, 0.15) is 28.1 Å². The third-order valence-corrected chi connectivity index (χ3v) is 5.01. The first-order valence-electron chi connectivity index (χ1n) is 9.56. The molecule has 3 rings (SSSR count). The normalized spacial score (nSPS) is 10.6. The molecule has 0 saturated heterocycles. The number of carbonyl (C=O) groups excluding carboxylic acids is 1. The summed E-state index contributed by atoms with van der Waals surface area (Å²) in [4.78, 5) is 12.5. The van der Waals surface area contributed by atoms with Crippen molar-refractivity contribution in [2.45, 2.75) is 33.4 Å². The van der Waals surface area contributed by atoms with Crippen molar-refractivity contribution in [1.82, 2.24) is 15.1 Å². The Kier molecular flexibility index (Phi) is 6.54. The number of amides is 1. The molecule has 1 aromatic heterocycles. The maximum atomic E-state index is 12.5. The van der Waals surface area contributed by atoms with Gasteiger partial charge in [-0.3, -0.25) is 9.48 Å². The zero-order valence-electron chi connectivity index (χ0n) is 17.4. The summed E-state index contributed by atoms with van der Waals surface area (Å²) in [6.45, 7) is 5.16. The Bertz CT molecular complexity index is 981. The van der Waals surface area contributed by atoms with Crippen LogP contribution in [0.2, 0.25) is 0 Å². The van der Waals surface area contributed by atoms with E-state index in [9.17, 15) is 4.79 Å². The van der Waals surface area contributed by atoms with Gasteiger partial charge in [0, 0.05) is 23.4 Å². The summed E-state index contributed by atoms with van der Waals surface area (Å²) in [6, 6.07) is 15.7. The fourth-order valence-corrected chi connectivity index (χ4v) is 3.34. The maximum absolute atomic E-state index is 12.5. The standard InChI is InChI=1S/C23H27N3O3/c1-16-21(17(2)26(25-16)15-18-8-6-5-7-9-18)14-24-23(27)13-19-12-20(28-3)10-11-22(19)29-4/h5-12H,13-15H2,1-4H3,(H,24,27). The molecule has 0 saturated carbocycles. The van der Waals surface area contributed by atoms with Crippen LogP contribution in [-0.4, -0.2) is 29.9 Å². The summed E-state index contributed by atoms with van der Waals surface area (Å²) in [5.41, 5.74) is 5.02. The maximum Gasteiger partial charge on any atom is 0.224 e. The van der Waals surface area contributed by atoms with Crippen molar-refractivity contribution in [1.29, 1.82) is 0 Å². The van der Waals surface area contributed by atoms with Crippen molar-refractivity contribution in [2.75, 3.05) is 14.2 Å². The Morgan fingerprint density at radius 2 is 1.83 bits per heavy atom. The molecule has 1 heterocycles. The third-order valence-electron chi connectivity index (χ3n) is 5.01. The predicted molar refractivity (Wildman–Crippen MR) is 112 cm³/mol. The molecule has 6 nitrogen and oxygen atoms in total. The van der Waals surface area contributed by atoms with E-state index >= 15 is 0 Å². The number of carbonyl (C=O) groups is 1. The van der Waals surface area contributed by atoms with Crippen LogP contribution in [0, 0.1) is 13.8 Å². The first kappa shape index (κ1) is 20.5. The number of nitrogens with zero attached hydrogens (tertiary/aromatic N) is 2. The van der Waals surface area contributed by atoms with E-state index in [2.05, 4.69) is 22.5 Å². The van der Waals surface area contributed by atoms with Gasteiger partial charge < -0.3 is 14.8 Å². The van der Waals surface area contributed by atoms with E-state index in [-0.39, 0.29) is 12.3 Å². The summed E-state index contributed by atoms with van der Waals surface area (Å²) in [7, 11) is 3.20. The zero-order chi connectivity index (χ0) is 20.8. The minimum Gasteiger partial charge on any atom is -0.497 e. The van der Waals surface area contributed by atoms with Gasteiger partial charge in [-0.15, -0.1) is 0 Å². The molecule has 0 aliphatic carbocycles. The van der Waals surface area contributed by atoms with Crippen molar-refractivity contribution in [3.05, 3.63) is 76.6 Å². The lowest BCUT2D eigenvalue weighted by atomic mass is 10.1. The molecule has 0 aliphatic rings. The molecule has 6 heteroatoms. The second kappa shape index (κ2) is 9.28. The Balaban J connectivity index is 1.66. The number of aromatic nitrogens is 2. The van der Waals surface area contributed by atoms with Crippen molar-refractivity contribution in [3.8, 4) is 11.5 Å². The van der Waals surface area contributed by atoms with Gasteiger partial charge >= 0.3 is 0 Å². The first-order chi connectivity index (χ1) is 14.0. The van der Waals surface area contributed by atoms with E-state index in [1.807, 2.05) is 54.9 Å². The number of ether oxygens (including phenoxy) is 2. The van der Waals surface area contributed by atoms with Crippen molar-refractivity contribution in [3.63, 3.8) is 0 Å². The van der Waals surface area contributed by atoms with Gasteiger partial charge in [0.15, 0.2) is 0 Å². The molecule has 3 aromatic rings. The second-order valence-corrected chi connectivity index (χ2v) is 6.92. The van der Waals surface area contributed by atoms with E-state index in [1.54, 1.807) is 14.2 Å². The van der Waals surface area contributed by atoms with Crippen LogP contribution in [0.4, 0.5) is 0 Å². The molecule has 0 unspecified atom stereocenters. The molecule has 0 atom stereocenters. The molecular weight excluding hydrogens is 366 g/mol. The molecule has 0 aliphatic heterocycles. The highest BCUT2D eigenvalue weighted by Crippen LogP contribution is 2.24. The number of rotatable bonds is 8. The SMILES string of the molecule is COc1ccc(OC)c(CC(=O)NCc2c(C)nn(Cc3ccccc3)c2C)c1. The van der Waals surface area contributed by atoms with Gasteiger partial charge in [-0.05, 0) is 37.6 Å². The number of hydrogen-bond acceptors (Lipinski definition) is 4. The molecule has 29 heavy (non-hydrogen) atoms. The molecule has 2 aromatic carbocycles. The number of nitrogens with one attached hydrogen (secondary N) is 1. The van der Waals surface area contributed by atoms with E-state index in [1.165, 1.54) is 5.56 Å². The van der Waals surface area contributed by atoms with Crippen LogP contribution in [-0.2, 0) is 24.3 Å². The summed E-state index contributed by atoms with van der Waals surface area (Å²) in [6.07, 6.45) is 0.219. The average molecular weight is 393 g/mol. The molecule has 0 spiro atoms. The fourth-order valence-electron chi connectivity index (χ4n) is 3.34. The third kappa shape index (κ3) is 4.96. The molecule has 1 amide bonds. The highest BCUT2D eigenvalue weighted by molar-refractivity contribution is 5.79. The first-order valence-corrected chi connectivity index (χ1v) is 9.56. The number of hydrogen-bond donors (Lipinski definition) is 1. The number of methoxy groups -OCH3 is 2. The Hall–Kier alpha value is -3.28. The smallest absolute Gasteiger partial charge is 0.224 e. The molecule has 0 bridgehead atoms. The van der Waals surface area contributed by atoms with Crippen LogP contribution in [0.3, 0.4) is 0 Å². The summed E-state index contributed by atoms with van der Waals surface area (Å²) >= 11 is 0. The topological polar surface area (TPSA) is 65.4 Å². The largest absolute Gasteiger partial charge is 0.497 e. The average Bonchev–Trinajstić information content (AvgIpc) is 2.99. The van der Waals surface area contributed by atoms with Crippen LogP contribution in [0.25, 0.3) is 0 Å². The van der Waals surface area contributed by atoms with E-state index < -0.39 is 0 Å². The van der Waals surface area contributed by atoms with Gasteiger partial charge in [0.05, 0.1) is 32.9 Å². The van der Waals surface area contributed by atoms with Gasteiger partial charge in [-0.25, -0.2) is 0 Å². The minimum absolute atomic E-state index is 0.0776. The molecule has 1 N–H and O–H groups in total. The molecule has 152 valence electrons. The Labute approximate surface area is 171 Å². The van der Waals surface area contributed by atoms with Gasteiger partial charge in [0.2, 0.25) is 5.91 Å². The number of aryl methyl sites for hydroxylation is 1. The van der Waals surface area contributed by atoms with Crippen molar-refractivity contribution >= 4 is 5.91 Å². The lowest BCUT2D eigenvalue weighted by molar-refractivity contribution is -0.120. The van der Waals surface area contributed by atoms with Crippen molar-refractivity contribution < 1.29 is 14.3 Å². The van der Waals surface area contributed by atoms with Crippen LogP contribution >= 0.6 is 0 Å². The van der Waals surface area contributed by atoms with E-state index in [0.29, 0.717) is 24.6 Å². The highest BCUT2D eigenvalue weighted by Gasteiger charge is 2.14. The van der Waals surface area contributed by atoms with E-state index in [4.69, 9.17) is 9.47 Å². The fraction of sp³-hybridized carbons (Fsp3) is 0.304. The van der Waals surface area contributed by atoms with Crippen molar-refractivity contribution in [2.24, 2.45) is 0 Å². The lowest BCUT2D eigenvalue weighted by Crippen LogP contribution is -2.25. The van der Waals surface area contributed by atoms with Crippen LogP contribution < -0.4 is 14.8 Å². The molecule has 0 radical (unpaired) electrons. The monoisotopic (exact) mass is 393 g/mol. The second-order valence-electron chi connectivity index (χ2n) is 6.92. The summed E-state index contributed by atoms with van der Waals surface area (Å²) < 4.78 is 12.6. The lowest BCUT2D eigenvalue weighted by Gasteiger charge is -2.11. The minimum atomic E-state index is -0.0776. The quantitative estimate of drug-likeness (QED) is 0.637. The van der Waals surface area contributed by atoms with Crippen LogP contribution in [0.5, 0.6) is 11.5 Å². The van der Waals surface area contributed by atoms with E-state index in [0.717, 1.165) is 22.5 Å². The van der Waals surface area contributed by atoms with Gasteiger partial charge in [-0.1, -0.05) is 30.3 Å². The van der Waals surface area contributed by atoms with Gasteiger partial charge in [0.1, 0.15) is 11.5 Å².